The third-order valence-corrected chi connectivity index (χ3v) is 6.83. The molecule has 0 radical (unpaired) electrons. The number of methoxy groups -OCH3 is 1. The van der Waals surface area contributed by atoms with Crippen LogP contribution in [0.3, 0.4) is 0 Å². The summed E-state index contributed by atoms with van der Waals surface area (Å²) in [5.41, 5.74) is -0.0589. The zero-order valence-electron chi connectivity index (χ0n) is 17.3. The molecule has 1 aromatic rings. The van der Waals surface area contributed by atoms with Crippen molar-refractivity contribution in [3.05, 3.63) is 12.3 Å². The molecule has 1 spiro atoms. The lowest BCUT2D eigenvalue weighted by Gasteiger charge is -2.41. The van der Waals surface area contributed by atoms with Gasteiger partial charge >= 0.3 is 6.09 Å². The maximum Gasteiger partial charge on any atom is 0.409 e. The lowest BCUT2D eigenvalue weighted by atomic mass is 9.78. The number of piperidine rings is 1. The van der Waals surface area contributed by atoms with E-state index in [0.717, 1.165) is 58.0 Å². The molecule has 3 fully saturated rings. The van der Waals surface area contributed by atoms with Crippen molar-refractivity contribution in [3.63, 3.8) is 0 Å². The van der Waals surface area contributed by atoms with Gasteiger partial charge < -0.3 is 24.7 Å². The first-order valence-electron chi connectivity index (χ1n) is 10.7. The molecule has 1 atom stereocenters. The maximum atomic E-state index is 13.5. The van der Waals surface area contributed by atoms with Gasteiger partial charge in [-0.3, -0.25) is 10.1 Å². The van der Waals surface area contributed by atoms with Crippen LogP contribution in [0.5, 0.6) is 5.75 Å². The van der Waals surface area contributed by atoms with E-state index in [9.17, 15) is 14.7 Å². The van der Waals surface area contributed by atoms with Crippen molar-refractivity contribution in [1.29, 1.82) is 0 Å². The Labute approximate surface area is 176 Å². The molecule has 1 saturated carbocycles. The highest BCUT2D eigenvalue weighted by Gasteiger charge is 2.51. The van der Waals surface area contributed by atoms with Gasteiger partial charge in [-0.15, -0.1) is 0 Å². The summed E-state index contributed by atoms with van der Waals surface area (Å²) in [6, 6.07) is 1.86. The zero-order chi connectivity index (χ0) is 21.3. The van der Waals surface area contributed by atoms with Gasteiger partial charge in [-0.2, -0.15) is 0 Å². The average molecular weight is 418 g/mol. The highest BCUT2D eigenvalue weighted by molar-refractivity contribution is 5.86. The Morgan fingerprint density at radius 3 is 2.73 bits per heavy atom. The highest BCUT2D eigenvalue weighted by atomic mass is 16.5. The lowest BCUT2D eigenvalue weighted by molar-refractivity contribution is -0.139. The molecule has 0 aromatic carbocycles. The average Bonchev–Trinajstić information content (AvgIpc) is 3.03. The van der Waals surface area contributed by atoms with Crippen molar-refractivity contribution in [2.75, 3.05) is 37.0 Å². The minimum atomic E-state index is -1.16. The van der Waals surface area contributed by atoms with Crippen molar-refractivity contribution >= 4 is 23.5 Å². The summed E-state index contributed by atoms with van der Waals surface area (Å²) >= 11 is 0. The molecule has 0 unspecified atom stereocenters. The van der Waals surface area contributed by atoms with Crippen LogP contribution >= 0.6 is 0 Å². The van der Waals surface area contributed by atoms with Crippen LogP contribution in [0.1, 0.15) is 44.9 Å². The summed E-state index contributed by atoms with van der Waals surface area (Å²) in [5.74, 6) is 1.36. The second-order valence-corrected chi connectivity index (χ2v) is 8.70. The van der Waals surface area contributed by atoms with E-state index in [1.54, 1.807) is 6.07 Å². The summed E-state index contributed by atoms with van der Waals surface area (Å²) in [6.45, 7) is 2.14. The molecule has 1 aromatic heterocycles. The summed E-state index contributed by atoms with van der Waals surface area (Å²) in [5, 5.41) is 21.0. The second-order valence-electron chi connectivity index (χ2n) is 8.70. The number of aromatic nitrogens is 1. The smallest absolute Gasteiger partial charge is 0.409 e. The third kappa shape index (κ3) is 3.90. The molecule has 30 heavy (non-hydrogen) atoms. The molecule has 3 N–H and O–H groups in total. The molecule has 9 heteroatoms. The van der Waals surface area contributed by atoms with E-state index < -0.39 is 11.5 Å². The topological polar surface area (TPSA) is 115 Å². The quantitative estimate of drug-likeness (QED) is 0.687. The number of amides is 2. The first-order valence-corrected chi connectivity index (χ1v) is 10.7. The molecule has 2 aliphatic heterocycles. The number of rotatable bonds is 4. The first kappa shape index (κ1) is 20.7. The van der Waals surface area contributed by atoms with E-state index in [4.69, 9.17) is 9.84 Å². The van der Waals surface area contributed by atoms with Crippen molar-refractivity contribution in [2.24, 2.45) is 5.41 Å². The SMILES string of the molecule is COc1cc(NC(=O)O)cnc1N1CCC[C@]2(CCN(C3CCC(O)CC3)C2=O)C1. The van der Waals surface area contributed by atoms with Crippen molar-refractivity contribution < 1.29 is 24.5 Å². The number of anilines is 2. The van der Waals surface area contributed by atoms with Crippen LogP contribution in [0.15, 0.2) is 12.3 Å². The summed E-state index contributed by atoms with van der Waals surface area (Å²) in [7, 11) is 1.53. The number of carbonyl (C=O) groups excluding carboxylic acids is 1. The number of hydrogen-bond donors (Lipinski definition) is 3. The van der Waals surface area contributed by atoms with Gasteiger partial charge in [0.1, 0.15) is 0 Å². The van der Waals surface area contributed by atoms with Gasteiger partial charge in [0.15, 0.2) is 11.6 Å². The van der Waals surface area contributed by atoms with Gasteiger partial charge in [0.2, 0.25) is 5.91 Å². The normalized spacial score (nSPS) is 29.3. The summed E-state index contributed by atoms with van der Waals surface area (Å²) in [6.07, 6.45) is 5.98. The predicted molar refractivity (Wildman–Crippen MR) is 111 cm³/mol. The number of likely N-dealkylation sites (tertiary alicyclic amines) is 1. The van der Waals surface area contributed by atoms with Crippen LogP contribution in [0, 0.1) is 5.41 Å². The van der Waals surface area contributed by atoms with E-state index in [1.165, 1.54) is 13.3 Å². The summed E-state index contributed by atoms with van der Waals surface area (Å²) in [4.78, 5) is 33.0. The van der Waals surface area contributed by atoms with Crippen LogP contribution in [-0.2, 0) is 4.79 Å². The standard InChI is InChI=1S/C21H30N4O5/c1-30-17-11-14(23-20(28)29)12-22-18(17)24-9-2-7-21(13-24)8-10-25(19(21)27)15-3-5-16(26)6-4-15/h11-12,15-16,23,26H,2-10,13H2,1H3,(H,28,29)/t15?,16?,21-/m0/s1. The zero-order valence-corrected chi connectivity index (χ0v) is 17.3. The van der Waals surface area contributed by atoms with Crippen LogP contribution in [0.2, 0.25) is 0 Å². The Hall–Kier alpha value is -2.55. The van der Waals surface area contributed by atoms with E-state index >= 15 is 0 Å². The first-order chi connectivity index (χ1) is 14.4. The fraction of sp³-hybridized carbons (Fsp3) is 0.667. The molecule has 2 amide bonds. The van der Waals surface area contributed by atoms with Crippen LogP contribution in [-0.4, -0.2) is 71.0 Å². The fourth-order valence-electron chi connectivity index (χ4n) is 5.27. The van der Waals surface area contributed by atoms with Gasteiger partial charge in [0.05, 0.1) is 30.5 Å². The van der Waals surface area contributed by atoms with Crippen LogP contribution in [0.25, 0.3) is 0 Å². The van der Waals surface area contributed by atoms with E-state index in [0.29, 0.717) is 23.8 Å². The van der Waals surface area contributed by atoms with Crippen molar-refractivity contribution in [2.45, 2.75) is 57.1 Å². The van der Waals surface area contributed by atoms with E-state index in [1.807, 2.05) is 0 Å². The van der Waals surface area contributed by atoms with Crippen LogP contribution < -0.4 is 15.0 Å². The number of aliphatic hydroxyl groups is 1. The molecule has 3 heterocycles. The Morgan fingerprint density at radius 2 is 2.03 bits per heavy atom. The molecular weight excluding hydrogens is 388 g/mol. The van der Waals surface area contributed by atoms with Gasteiger partial charge in [0.25, 0.3) is 0 Å². The van der Waals surface area contributed by atoms with E-state index in [-0.39, 0.29) is 18.1 Å². The number of aliphatic hydroxyl groups excluding tert-OH is 1. The van der Waals surface area contributed by atoms with Gasteiger partial charge in [-0.05, 0) is 44.9 Å². The Kier molecular flexibility index (Phi) is 5.73. The Bertz CT molecular complexity index is 811. The Balaban J connectivity index is 1.51. The lowest BCUT2D eigenvalue weighted by Crippen LogP contribution is -2.50. The van der Waals surface area contributed by atoms with E-state index in [2.05, 4.69) is 20.1 Å². The maximum absolute atomic E-state index is 13.5. The number of ether oxygens (including phenoxy) is 1. The molecule has 0 bridgehead atoms. The number of hydrogen-bond acceptors (Lipinski definition) is 6. The molecule has 3 aliphatic rings. The predicted octanol–water partition coefficient (Wildman–Crippen LogP) is 2.30. The van der Waals surface area contributed by atoms with Gasteiger partial charge in [0, 0.05) is 31.7 Å². The second kappa shape index (κ2) is 8.29. The molecular formula is C21H30N4O5. The van der Waals surface area contributed by atoms with Gasteiger partial charge in [-0.25, -0.2) is 9.78 Å². The minimum absolute atomic E-state index is 0.227. The van der Waals surface area contributed by atoms with Gasteiger partial charge in [-0.1, -0.05) is 0 Å². The highest BCUT2D eigenvalue weighted by Crippen LogP contribution is 2.44. The van der Waals surface area contributed by atoms with Crippen LogP contribution in [0.4, 0.5) is 16.3 Å². The number of pyridine rings is 1. The molecule has 164 valence electrons. The minimum Gasteiger partial charge on any atom is -0.493 e. The Morgan fingerprint density at radius 1 is 1.27 bits per heavy atom. The fourth-order valence-corrected chi connectivity index (χ4v) is 5.27. The number of nitrogens with zero attached hydrogens (tertiary/aromatic N) is 3. The molecule has 4 rings (SSSR count). The molecule has 2 saturated heterocycles. The number of carboxylic acid groups (broad SMARTS) is 1. The monoisotopic (exact) mass is 418 g/mol. The van der Waals surface area contributed by atoms with Crippen molar-refractivity contribution in [3.8, 4) is 5.75 Å². The number of nitrogens with one attached hydrogen (secondary N) is 1. The molecule has 1 aliphatic carbocycles. The number of carbonyl (C=O) groups is 2. The van der Waals surface area contributed by atoms with Crippen molar-refractivity contribution in [1.82, 2.24) is 9.88 Å². The largest absolute Gasteiger partial charge is 0.493 e. The third-order valence-electron chi connectivity index (χ3n) is 6.83. The molecule has 9 nitrogen and oxygen atoms in total. The summed E-state index contributed by atoms with van der Waals surface area (Å²) < 4.78 is 5.47.